The number of hydrogen-bond donors (Lipinski definition) is 3. The number of nitrogen functional groups attached to an aromatic ring is 1. The van der Waals surface area contributed by atoms with E-state index in [2.05, 4.69) is 10.0 Å². The molecule has 8 heteroatoms. The van der Waals surface area contributed by atoms with Crippen molar-refractivity contribution in [1.82, 2.24) is 4.72 Å². The highest BCUT2D eigenvalue weighted by Crippen LogP contribution is 2.27. The molecule has 5 nitrogen and oxygen atoms in total. The van der Waals surface area contributed by atoms with E-state index in [-0.39, 0.29) is 4.90 Å². The van der Waals surface area contributed by atoms with E-state index in [0.717, 1.165) is 12.3 Å². The van der Waals surface area contributed by atoms with E-state index < -0.39 is 10.0 Å². The van der Waals surface area contributed by atoms with E-state index in [1.165, 1.54) is 17.6 Å². The SMILES string of the molecule is CCNS(=O)(=O)c1ccc(N)c(NCC2CSCCS2)c1. The van der Waals surface area contributed by atoms with Crippen LogP contribution in [0.5, 0.6) is 0 Å². The molecule has 4 N–H and O–H groups in total. The Morgan fingerprint density at radius 2 is 2.19 bits per heavy atom. The second-order valence-corrected chi connectivity index (χ2v) is 9.02. The predicted octanol–water partition coefficient (Wildman–Crippen LogP) is 1.83. The fourth-order valence-corrected chi connectivity index (χ4v) is 5.69. The molecule has 1 heterocycles. The quantitative estimate of drug-likeness (QED) is 0.681. The van der Waals surface area contributed by atoms with Crippen molar-refractivity contribution in [3.05, 3.63) is 18.2 Å². The van der Waals surface area contributed by atoms with Gasteiger partial charge in [-0.3, -0.25) is 0 Å². The molecule has 2 rings (SSSR count). The maximum atomic E-state index is 12.0. The molecule has 0 aromatic heterocycles. The zero-order valence-electron chi connectivity index (χ0n) is 12.0. The van der Waals surface area contributed by atoms with Gasteiger partial charge in [0.25, 0.3) is 0 Å². The molecule has 1 aliphatic heterocycles. The first-order valence-corrected chi connectivity index (χ1v) is 10.5. The highest BCUT2D eigenvalue weighted by atomic mass is 32.2. The third-order valence-corrected chi connectivity index (χ3v) is 7.46. The van der Waals surface area contributed by atoms with Crippen molar-refractivity contribution in [3.63, 3.8) is 0 Å². The number of rotatable bonds is 6. The van der Waals surface area contributed by atoms with Gasteiger partial charge in [0.2, 0.25) is 10.0 Å². The summed E-state index contributed by atoms with van der Waals surface area (Å²) in [6.45, 7) is 2.92. The molecular formula is C13H21N3O2S3. The van der Waals surface area contributed by atoms with Gasteiger partial charge in [-0.1, -0.05) is 6.92 Å². The molecular weight excluding hydrogens is 326 g/mol. The maximum absolute atomic E-state index is 12.0. The van der Waals surface area contributed by atoms with E-state index in [9.17, 15) is 8.42 Å². The van der Waals surface area contributed by atoms with Crippen LogP contribution >= 0.6 is 23.5 Å². The molecule has 1 saturated heterocycles. The van der Waals surface area contributed by atoms with E-state index in [0.29, 0.717) is 23.2 Å². The second kappa shape index (κ2) is 7.62. The normalized spacial score (nSPS) is 19.4. The number of thioether (sulfide) groups is 2. The number of hydrogen-bond acceptors (Lipinski definition) is 6. The molecule has 21 heavy (non-hydrogen) atoms. The molecule has 1 atom stereocenters. The third kappa shape index (κ3) is 4.70. The lowest BCUT2D eigenvalue weighted by molar-refractivity contribution is 0.584. The van der Waals surface area contributed by atoms with Crippen LogP contribution in [0.3, 0.4) is 0 Å². The van der Waals surface area contributed by atoms with Crippen molar-refractivity contribution in [1.29, 1.82) is 0 Å². The van der Waals surface area contributed by atoms with Gasteiger partial charge in [-0.05, 0) is 18.2 Å². The first kappa shape index (κ1) is 16.8. The van der Waals surface area contributed by atoms with Crippen LogP contribution in [-0.2, 0) is 10.0 Å². The van der Waals surface area contributed by atoms with Gasteiger partial charge in [0, 0.05) is 35.6 Å². The average Bonchev–Trinajstić information content (AvgIpc) is 2.47. The summed E-state index contributed by atoms with van der Waals surface area (Å²) in [6, 6.07) is 4.77. The van der Waals surface area contributed by atoms with Gasteiger partial charge in [-0.25, -0.2) is 13.1 Å². The third-order valence-electron chi connectivity index (χ3n) is 3.07. The monoisotopic (exact) mass is 347 g/mol. The van der Waals surface area contributed by atoms with Crippen LogP contribution in [0.1, 0.15) is 6.92 Å². The minimum Gasteiger partial charge on any atom is -0.397 e. The highest BCUT2D eigenvalue weighted by molar-refractivity contribution is 8.06. The molecule has 0 spiro atoms. The Hall–Kier alpha value is -0.570. The van der Waals surface area contributed by atoms with E-state index >= 15 is 0 Å². The van der Waals surface area contributed by atoms with Crippen LogP contribution in [0.15, 0.2) is 23.1 Å². The fourth-order valence-electron chi connectivity index (χ4n) is 2.01. The average molecular weight is 348 g/mol. The smallest absolute Gasteiger partial charge is 0.240 e. The van der Waals surface area contributed by atoms with Gasteiger partial charge >= 0.3 is 0 Å². The van der Waals surface area contributed by atoms with Crippen molar-refractivity contribution in [2.24, 2.45) is 0 Å². The van der Waals surface area contributed by atoms with Gasteiger partial charge in [0.05, 0.1) is 16.3 Å². The predicted molar refractivity (Wildman–Crippen MR) is 93.8 cm³/mol. The Morgan fingerprint density at radius 1 is 1.38 bits per heavy atom. The summed E-state index contributed by atoms with van der Waals surface area (Å²) in [6.07, 6.45) is 0. The first-order valence-electron chi connectivity index (χ1n) is 6.85. The van der Waals surface area contributed by atoms with Crippen LogP contribution in [0.25, 0.3) is 0 Å². The summed E-state index contributed by atoms with van der Waals surface area (Å²) in [4.78, 5) is 0.242. The summed E-state index contributed by atoms with van der Waals surface area (Å²) in [7, 11) is -3.45. The molecule has 0 bridgehead atoms. The maximum Gasteiger partial charge on any atom is 0.240 e. The second-order valence-electron chi connectivity index (χ2n) is 4.70. The Kier molecular flexibility index (Phi) is 6.09. The molecule has 0 radical (unpaired) electrons. The van der Waals surface area contributed by atoms with Crippen LogP contribution in [0.2, 0.25) is 0 Å². The van der Waals surface area contributed by atoms with Crippen LogP contribution in [-0.4, -0.2) is 44.0 Å². The lowest BCUT2D eigenvalue weighted by Crippen LogP contribution is -2.25. The zero-order chi connectivity index (χ0) is 15.3. The topological polar surface area (TPSA) is 84.2 Å². The van der Waals surface area contributed by atoms with Gasteiger partial charge in [-0.2, -0.15) is 23.5 Å². The molecule has 1 unspecified atom stereocenters. The largest absolute Gasteiger partial charge is 0.397 e. The number of sulfonamides is 1. The summed E-state index contributed by atoms with van der Waals surface area (Å²) in [5, 5.41) is 3.82. The van der Waals surface area contributed by atoms with Gasteiger partial charge < -0.3 is 11.1 Å². The minimum atomic E-state index is -3.45. The number of benzene rings is 1. The van der Waals surface area contributed by atoms with Gasteiger partial charge in [0.15, 0.2) is 0 Å². The molecule has 0 amide bonds. The molecule has 118 valence electrons. The van der Waals surface area contributed by atoms with E-state index in [1.54, 1.807) is 19.1 Å². The van der Waals surface area contributed by atoms with Crippen LogP contribution in [0, 0.1) is 0 Å². The molecule has 1 aliphatic rings. The number of anilines is 2. The van der Waals surface area contributed by atoms with Crippen molar-refractivity contribution in [3.8, 4) is 0 Å². The summed E-state index contributed by atoms with van der Waals surface area (Å²) < 4.78 is 26.5. The Balaban J connectivity index is 2.08. The van der Waals surface area contributed by atoms with Gasteiger partial charge in [-0.15, -0.1) is 0 Å². The molecule has 0 aliphatic carbocycles. The standard InChI is InChI=1S/C13H21N3O2S3/c1-2-16-21(17,18)11-3-4-12(14)13(7-11)15-8-10-9-19-5-6-20-10/h3-4,7,10,15-16H,2,5-6,8-9,14H2,1H3. The zero-order valence-corrected chi connectivity index (χ0v) is 14.4. The lowest BCUT2D eigenvalue weighted by atomic mass is 10.2. The highest BCUT2D eigenvalue weighted by Gasteiger charge is 2.17. The fraction of sp³-hybridized carbons (Fsp3) is 0.538. The van der Waals surface area contributed by atoms with Crippen molar-refractivity contribution < 1.29 is 8.42 Å². The van der Waals surface area contributed by atoms with E-state index in [4.69, 9.17) is 5.73 Å². The summed E-state index contributed by atoms with van der Waals surface area (Å²) >= 11 is 3.91. The van der Waals surface area contributed by atoms with Crippen molar-refractivity contribution in [2.45, 2.75) is 17.1 Å². The van der Waals surface area contributed by atoms with Crippen LogP contribution in [0.4, 0.5) is 11.4 Å². The lowest BCUT2D eigenvalue weighted by Gasteiger charge is -2.22. The molecule has 1 aromatic rings. The van der Waals surface area contributed by atoms with E-state index in [1.807, 2.05) is 23.5 Å². The Labute approximate surface area is 134 Å². The molecule has 1 fully saturated rings. The van der Waals surface area contributed by atoms with Gasteiger partial charge in [0.1, 0.15) is 0 Å². The number of nitrogens with two attached hydrogens (primary N) is 1. The van der Waals surface area contributed by atoms with Crippen molar-refractivity contribution >= 4 is 44.9 Å². The van der Waals surface area contributed by atoms with Crippen molar-refractivity contribution in [2.75, 3.05) is 41.4 Å². The first-order chi connectivity index (χ1) is 10.0. The number of nitrogens with one attached hydrogen (secondary N) is 2. The van der Waals surface area contributed by atoms with Crippen LogP contribution < -0.4 is 15.8 Å². The molecule has 0 saturated carbocycles. The summed E-state index contributed by atoms with van der Waals surface area (Å²) in [5.74, 6) is 3.49. The Morgan fingerprint density at radius 3 is 2.86 bits per heavy atom. The molecule has 1 aromatic carbocycles. The Bertz CT molecular complexity index is 572. The minimum absolute atomic E-state index is 0.242. The summed E-state index contributed by atoms with van der Waals surface area (Å²) in [5.41, 5.74) is 7.19.